The van der Waals surface area contributed by atoms with Crippen molar-refractivity contribution < 1.29 is 23.6 Å². The summed E-state index contributed by atoms with van der Waals surface area (Å²) >= 11 is 1.27. The molecule has 0 saturated carbocycles. The van der Waals surface area contributed by atoms with E-state index >= 15 is 0 Å². The summed E-state index contributed by atoms with van der Waals surface area (Å²) in [4.78, 5) is 38.1. The number of hydrogen-bond acceptors (Lipinski definition) is 10. The highest BCUT2D eigenvalue weighted by molar-refractivity contribution is 7.13. The number of nitrogens with one attached hydrogen (secondary N) is 1. The lowest BCUT2D eigenvalue weighted by Crippen LogP contribution is -2.31. The van der Waals surface area contributed by atoms with Gasteiger partial charge in [-0.3, -0.25) is 10.1 Å². The molecule has 1 N–H and O–H groups in total. The average Bonchev–Trinajstić information content (AvgIpc) is 3.60. The Morgan fingerprint density at radius 3 is 2.89 bits per heavy atom. The van der Waals surface area contributed by atoms with E-state index in [1.807, 2.05) is 24.3 Å². The minimum absolute atomic E-state index is 0.0248. The molecule has 1 unspecified atom stereocenters. The van der Waals surface area contributed by atoms with Crippen LogP contribution in [0, 0.1) is 0 Å². The molecule has 4 aromatic rings. The summed E-state index contributed by atoms with van der Waals surface area (Å²) in [6.45, 7) is 0.0248. The number of nitrogens with zero attached hydrogens (tertiary/aromatic N) is 4. The van der Waals surface area contributed by atoms with Gasteiger partial charge in [0.05, 0.1) is 12.8 Å². The van der Waals surface area contributed by atoms with Crippen LogP contribution < -0.4 is 20.5 Å². The number of carbonyl (C=O) groups excluding carboxylic acids is 1. The Morgan fingerprint density at radius 1 is 1.25 bits per heavy atom. The van der Waals surface area contributed by atoms with Crippen LogP contribution in [0.3, 0.4) is 0 Å². The summed E-state index contributed by atoms with van der Waals surface area (Å²) in [7, 11) is 3.09. The van der Waals surface area contributed by atoms with Gasteiger partial charge in [0.25, 0.3) is 5.91 Å². The number of rotatable bonds is 8. The van der Waals surface area contributed by atoms with Crippen LogP contribution in [-0.2, 0) is 29.7 Å². The molecule has 0 radical (unpaired) electrons. The molecule has 5 rings (SSSR count). The number of methoxy groups -OCH3 is 1. The Bertz CT molecular complexity index is 1460. The summed E-state index contributed by atoms with van der Waals surface area (Å²) in [6.07, 6.45) is -0.0921. The maximum absolute atomic E-state index is 12.6. The van der Waals surface area contributed by atoms with Crippen LogP contribution in [0.15, 0.2) is 68.4 Å². The van der Waals surface area contributed by atoms with E-state index in [-0.39, 0.29) is 24.1 Å². The predicted molar refractivity (Wildman–Crippen MR) is 130 cm³/mol. The molecule has 1 aliphatic heterocycles. The number of aromatic nitrogens is 3. The Morgan fingerprint density at radius 2 is 2.11 bits per heavy atom. The highest BCUT2D eigenvalue weighted by Gasteiger charge is 2.29. The van der Waals surface area contributed by atoms with Crippen LogP contribution in [0.4, 0.5) is 5.13 Å². The van der Waals surface area contributed by atoms with E-state index in [1.54, 1.807) is 43.8 Å². The number of benzene rings is 2. The number of thiazole rings is 1. The number of carbonyl (C=O) groups is 1. The molecule has 11 nitrogen and oxygen atoms in total. The SMILES string of the molecule is COc1cccc(/C(=N/OCc2csc(NC(=O)C3Cc4ccccc4O3)n2)c2nc(=O)on2C)c1. The van der Waals surface area contributed by atoms with Gasteiger partial charge in [-0.25, -0.2) is 9.78 Å². The maximum Gasteiger partial charge on any atom is 0.460 e. The first-order valence-corrected chi connectivity index (χ1v) is 11.8. The van der Waals surface area contributed by atoms with Gasteiger partial charge >= 0.3 is 5.76 Å². The molecular formula is C24H21N5O6S. The molecular weight excluding hydrogens is 486 g/mol. The van der Waals surface area contributed by atoms with E-state index in [2.05, 4.69) is 20.4 Å². The molecule has 184 valence electrons. The third-order valence-electron chi connectivity index (χ3n) is 5.36. The van der Waals surface area contributed by atoms with Crippen molar-refractivity contribution in [2.75, 3.05) is 12.4 Å². The van der Waals surface area contributed by atoms with Gasteiger partial charge in [-0.05, 0) is 23.8 Å². The fourth-order valence-corrected chi connectivity index (χ4v) is 4.34. The van der Waals surface area contributed by atoms with Crippen molar-refractivity contribution >= 4 is 28.1 Å². The van der Waals surface area contributed by atoms with Crippen LogP contribution in [-0.4, -0.2) is 39.5 Å². The lowest BCUT2D eigenvalue weighted by Gasteiger charge is -2.09. The van der Waals surface area contributed by atoms with Crippen molar-refractivity contribution in [1.29, 1.82) is 0 Å². The van der Waals surface area contributed by atoms with E-state index in [0.29, 0.717) is 28.6 Å². The molecule has 0 bridgehead atoms. The smallest absolute Gasteiger partial charge is 0.460 e. The molecule has 0 fully saturated rings. The van der Waals surface area contributed by atoms with E-state index in [4.69, 9.17) is 18.8 Å². The largest absolute Gasteiger partial charge is 0.497 e. The quantitative estimate of drug-likeness (QED) is 0.285. The Hall–Kier alpha value is -4.45. The van der Waals surface area contributed by atoms with Crippen molar-refractivity contribution in [3.63, 3.8) is 0 Å². The number of ether oxygens (including phenoxy) is 2. The second kappa shape index (κ2) is 10.0. The molecule has 2 aromatic carbocycles. The fraction of sp³-hybridized carbons (Fsp3) is 0.208. The second-order valence-electron chi connectivity index (χ2n) is 7.79. The van der Waals surface area contributed by atoms with Gasteiger partial charge in [-0.15, -0.1) is 11.3 Å². The summed E-state index contributed by atoms with van der Waals surface area (Å²) in [5.74, 6) is 0.496. The summed E-state index contributed by atoms with van der Waals surface area (Å²) in [5.41, 5.74) is 2.46. The van der Waals surface area contributed by atoms with Crippen molar-refractivity contribution in [1.82, 2.24) is 14.7 Å². The van der Waals surface area contributed by atoms with Crippen molar-refractivity contribution in [3.05, 3.63) is 87.1 Å². The third-order valence-corrected chi connectivity index (χ3v) is 6.16. The first kappa shape index (κ1) is 23.3. The molecule has 36 heavy (non-hydrogen) atoms. The molecule has 1 atom stereocenters. The zero-order valence-electron chi connectivity index (χ0n) is 19.3. The molecule has 12 heteroatoms. The number of hydrogen-bond donors (Lipinski definition) is 1. The molecule has 0 saturated heterocycles. The maximum atomic E-state index is 12.6. The van der Waals surface area contributed by atoms with Gasteiger partial charge in [0.1, 0.15) is 11.5 Å². The van der Waals surface area contributed by atoms with E-state index in [9.17, 15) is 9.59 Å². The molecule has 2 aromatic heterocycles. The zero-order valence-corrected chi connectivity index (χ0v) is 20.2. The molecule has 1 aliphatic rings. The minimum Gasteiger partial charge on any atom is -0.497 e. The van der Waals surface area contributed by atoms with E-state index in [1.165, 1.54) is 16.1 Å². The lowest BCUT2D eigenvalue weighted by molar-refractivity contribution is -0.122. The van der Waals surface area contributed by atoms with Gasteiger partial charge < -0.3 is 18.8 Å². The standard InChI is InChI=1S/C24H21N5O6S/c1-29-21(26-24(31)35-29)20(15-7-5-8-17(10-15)32-2)28-33-12-16-13-36-23(25-16)27-22(30)19-11-14-6-3-4-9-18(14)34-19/h3-10,13,19H,11-12H2,1-2H3,(H,25,27,30)/b28-20-. The summed E-state index contributed by atoms with van der Waals surface area (Å²) in [6, 6.07) is 14.7. The van der Waals surface area contributed by atoms with Gasteiger partial charge in [-0.2, -0.15) is 9.72 Å². The van der Waals surface area contributed by atoms with Crippen LogP contribution in [0.5, 0.6) is 11.5 Å². The highest BCUT2D eigenvalue weighted by Crippen LogP contribution is 2.29. The number of aryl methyl sites for hydroxylation is 1. The molecule has 1 amide bonds. The Balaban J connectivity index is 1.26. The molecule has 0 aliphatic carbocycles. The lowest BCUT2D eigenvalue weighted by atomic mass is 10.1. The normalized spacial score (nSPS) is 14.7. The van der Waals surface area contributed by atoms with E-state index in [0.717, 1.165) is 11.3 Å². The fourth-order valence-electron chi connectivity index (χ4n) is 3.64. The second-order valence-corrected chi connectivity index (χ2v) is 8.65. The molecule has 3 heterocycles. The minimum atomic E-state index is -0.752. The Kier molecular flexibility index (Phi) is 6.50. The number of amides is 1. The highest BCUT2D eigenvalue weighted by atomic mass is 32.1. The third kappa shape index (κ3) is 4.98. The zero-order chi connectivity index (χ0) is 25.1. The van der Waals surface area contributed by atoms with Gasteiger partial charge in [0.2, 0.25) is 0 Å². The monoisotopic (exact) mass is 507 g/mol. The number of fused-ring (bicyclic) bond motifs is 1. The van der Waals surface area contributed by atoms with Gasteiger partial charge in [0.15, 0.2) is 29.4 Å². The van der Waals surface area contributed by atoms with Crippen molar-refractivity contribution in [2.45, 2.75) is 19.1 Å². The summed E-state index contributed by atoms with van der Waals surface area (Å²) < 4.78 is 17.2. The Labute approximate surface area is 208 Å². The van der Waals surface area contributed by atoms with Crippen LogP contribution in [0.2, 0.25) is 0 Å². The topological polar surface area (TPSA) is 130 Å². The molecule has 0 spiro atoms. The number of oxime groups is 1. The number of para-hydroxylation sites is 1. The van der Waals surface area contributed by atoms with Gasteiger partial charge in [-0.1, -0.05) is 35.5 Å². The first-order chi connectivity index (χ1) is 17.5. The average molecular weight is 508 g/mol. The van der Waals surface area contributed by atoms with Crippen LogP contribution >= 0.6 is 11.3 Å². The van der Waals surface area contributed by atoms with E-state index < -0.39 is 11.9 Å². The number of anilines is 1. The van der Waals surface area contributed by atoms with Crippen LogP contribution in [0.25, 0.3) is 0 Å². The first-order valence-electron chi connectivity index (χ1n) is 10.9. The van der Waals surface area contributed by atoms with Crippen LogP contribution in [0.1, 0.15) is 22.6 Å². The predicted octanol–water partition coefficient (Wildman–Crippen LogP) is 2.75. The summed E-state index contributed by atoms with van der Waals surface area (Å²) in [5, 5.41) is 9.17. The van der Waals surface area contributed by atoms with Crippen molar-refractivity contribution in [3.8, 4) is 11.5 Å². The van der Waals surface area contributed by atoms with Crippen molar-refractivity contribution in [2.24, 2.45) is 12.2 Å². The van der Waals surface area contributed by atoms with Gasteiger partial charge in [0, 0.05) is 24.4 Å².